The van der Waals surface area contributed by atoms with Gasteiger partial charge in [-0.25, -0.2) is 0 Å². The van der Waals surface area contributed by atoms with E-state index in [0.717, 1.165) is 25.9 Å². The van der Waals surface area contributed by atoms with Crippen molar-refractivity contribution in [1.29, 1.82) is 0 Å². The molecule has 2 N–H and O–H groups in total. The fraction of sp³-hybridized carbons (Fsp3) is 0.462. The molecular formula is C13H16N4O2. The molecule has 2 aromatic heterocycles. The van der Waals surface area contributed by atoms with Crippen LogP contribution in [-0.2, 0) is 10.3 Å². The molecule has 6 nitrogen and oxygen atoms in total. The minimum atomic E-state index is -0.457. The molecule has 1 atom stereocenters. The van der Waals surface area contributed by atoms with Crippen molar-refractivity contribution in [2.24, 2.45) is 0 Å². The Balaban J connectivity index is 1.93. The van der Waals surface area contributed by atoms with Gasteiger partial charge in [0.1, 0.15) is 5.60 Å². The van der Waals surface area contributed by atoms with E-state index in [-0.39, 0.29) is 0 Å². The Morgan fingerprint density at radius 2 is 2.26 bits per heavy atom. The van der Waals surface area contributed by atoms with Crippen molar-refractivity contribution in [2.75, 3.05) is 12.3 Å². The lowest BCUT2D eigenvalue weighted by molar-refractivity contribution is -0.0770. The second-order valence-electron chi connectivity index (χ2n) is 4.92. The van der Waals surface area contributed by atoms with E-state index in [1.165, 1.54) is 0 Å². The van der Waals surface area contributed by atoms with Crippen molar-refractivity contribution in [2.45, 2.75) is 31.8 Å². The molecular weight excluding hydrogens is 244 g/mol. The maximum atomic E-state index is 5.85. The van der Waals surface area contributed by atoms with Gasteiger partial charge in [-0.15, -0.1) is 0 Å². The molecule has 2 aromatic rings. The number of nitrogens with zero attached hydrogens (tertiary/aromatic N) is 3. The van der Waals surface area contributed by atoms with Crippen LogP contribution in [0.2, 0.25) is 0 Å². The van der Waals surface area contributed by atoms with Crippen LogP contribution in [0, 0.1) is 0 Å². The van der Waals surface area contributed by atoms with Crippen LogP contribution in [0.1, 0.15) is 32.0 Å². The van der Waals surface area contributed by atoms with Gasteiger partial charge in [-0.2, -0.15) is 4.98 Å². The SMILES string of the molecule is CC1(c2noc(-c3ccncc3N)n2)CCCCO1. The van der Waals surface area contributed by atoms with Crippen LogP contribution in [0.25, 0.3) is 11.5 Å². The molecule has 0 aromatic carbocycles. The number of nitrogen functional groups attached to an aromatic ring is 1. The number of nitrogens with two attached hydrogens (primary N) is 1. The molecule has 1 unspecified atom stereocenters. The van der Waals surface area contributed by atoms with E-state index in [1.807, 2.05) is 6.92 Å². The molecule has 100 valence electrons. The molecule has 0 spiro atoms. The normalized spacial score (nSPS) is 23.4. The highest BCUT2D eigenvalue weighted by molar-refractivity contribution is 5.68. The van der Waals surface area contributed by atoms with Gasteiger partial charge in [-0.3, -0.25) is 4.98 Å². The van der Waals surface area contributed by atoms with E-state index < -0.39 is 5.60 Å². The van der Waals surface area contributed by atoms with Crippen molar-refractivity contribution in [3.05, 3.63) is 24.3 Å². The maximum absolute atomic E-state index is 5.85. The monoisotopic (exact) mass is 260 g/mol. The summed E-state index contributed by atoms with van der Waals surface area (Å²) in [6, 6.07) is 1.76. The smallest absolute Gasteiger partial charge is 0.260 e. The lowest BCUT2D eigenvalue weighted by Crippen LogP contribution is -2.31. The fourth-order valence-electron chi connectivity index (χ4n) is 2.26. The third kappa shape index (κ3) is 2.19. The summed E-state index contributed by atoms with van der Waals surface area (Å²) in [5.74, 6) is 0.990. The number of hydrogen-bond acceptors (Lipinski definition) is 6. The van der Waals surface area contributed by atoms with Crippen LogP contribution < -0.4 is 5.73 Å². The first-order valence-corrected chi connectivity index (χ1v) is 6.37. The van der Waals surface area contributed by atoms with Crippen molar-refractivity contribution < 1.29 is 9.26 Å². The summed E-state index contributed by atoms with van der Waals surface area (Å²) in [6.07, 6.45) is 6.31. The summed E-state index contributed by atoms with van der Waals surface area (Å²) in [5, 5.41) is 4.04. The van der Waals surface area contributed by atoms with E-state index in [4.69, 9.17) is 15.0 Å². The predicted molar refractivity (Wildman–Crippen MR) is 69.1 cm³/mol. The zero-order valence-electron chi connectivity index (χ0n) is 10.8. The minimum Gasteiger partial charge on any atom is -0.397 e. The second kappa shape index (κ2) is 4.62. The van der Waals surface area contributed by atoms with Crippen molar-refractivity contribution in [3.8, 4) is 11.5 Å². The van der Waals surface area contributed by atoms with E-state index in [2.05, 4.69) is 15.1 Å². The Morgan fingerprint density at radius 3 is 3.00 bits per heavy atom. The standard InChI is InChI=1S/C13H16N4O2/c1-13(5-2-3-7-18-13)12-16-11(19-17-12)9-4-6-15-8-10(9)14/h4,6,8H,2-3,5,7,14H2,1H3. The van der Waals surface area contributed by atoms with Gasteiger partial charge in [0.25, 0.3) is 5.89 Å². The molecule has 1 aliphatic heterocycles. The molecule has 3 rings (SSSR count). The number of aromatic nitrogens is 3. The van der Waals surface area contributed by atoms with Gasteiger partial charge in [0.2, 0.25) is 5.82 Å². The fourth-order valence-corrected chi connectivity index (χ4v) is 2.26. The van der Waals surface area contributed by atoms with Gasteiger partial charge in [0, 0.05) is 12.8 Å². The summed E-state index contributed by atoms with van der Waals surface area (Å²) < 4.78 is 11.1. The highest BCUT2D eigenvalue weighted by Gasteiger charge is 2.35. The zero-order valence-corrected chi connectivity index (χ0v) is 10.8. The number of rotatable bonds is 2. The van der Waals surface area contributed by atoms with E-state index in [9.17, 15) is 0 Å². The van der Waals surface area contributed by atoms with E-state index in [1.54, 1.807) is 18.5 Å². The third-order valence-electron chi connectivity index (χ3n) is 3.45. The first-order chi connectivity index (χ1) is 9.19. The summed E-state index contributed by atoms with van der Waals surface area (Å²) in [6.45, 7) is 2.73. The molecule has 0 aliphatic carbocycles. The first-order valence-electron chi connectivity index (χ1n) is 6.37. The number of ether oxygens (including phenoxy) is 1. The number of hydrogen-bond donors (Lipinski definition) is 1. The van der Waals surface area contributed by atoms with Crippen molar-refractivity contribution >= 4 is 5.69 Å². The Morgan fingerprint density at radius 1 is 1.37 bits per heavy atom. The van der Waals surface area contributed by atoms with E-state index >= 15 is 0 Å². The maximum Gasteiger partial charge on any atom is 0.260 e. The van der Waals surface area contributed by atoms with Gasteiger partial charge in [-0.1, -0.05) is 5.16 Å². The average molecular weight is 260 g/mol. The average Bonchev–Trinajstić information content (AvgIpc) is 2.90. The molecule has 0 amide bonds. The number of anilines is 1. The molecule has 3 heterocycles. The Bertz CT molecular complexity index is 576. The lowest BCUT2D eigenvalue weighted by Gasteiger charge is -2.30. The molecule has 1 aliphatic rings. The Kier molecular flexibility index (Phi) is 2.94. The summed E-state index contributed by atoms with van der Waals surface area (Å²) in [4.78, 5) is 8.37. The molecule has 19 heavy (non-hydrogen) atoms. The summed E-state index contributed by atoms with van der Waals surface area (Å²) in [7, 11) is 0. The molecule has 6 heteroatoms. The molecule has 0 bridgehead atoms. The van der Waals surface area contributed by atoms with Gasteiger partial charge >= 0.3 is 0 Å². The summed E-state index contributed by atoms with van der Waals surface area (Å²) >= 11 is 0. The highest BCUT2D eigenvalue weighted by atomic mass is 16.5. The van der Waals surface area contributed by atoms with Gasteiger partial charge < -0.3 is 15.0 Å². The van der Waals surface area contributed by atoms with Crippen LogP contribution in [-0.4, -0.2) is 21.7 Å². The lowest BCUT2D eigenvalue weighted by atomic mass is 9.95. The van der Waals surface area contributed by atoms with Gasteiger partial charge in [0.05, 0.1) is 17.4 Å². The zero-order chi connectivity index (χ0) is 13.3. The molecule has 0 radical (unpaired) electrons. The number of pyridine rings is 1. The highest BCUT2D eigenvalue weighted by Crippen LogP contribution is 2.34. The second-order valence-corrected chi connectivity index (χ2v) is 4.92. The third-order valence-corrected chi connectivity index (χ3v) is 3.45. The van der Waals surface area contributed by atoms with Crippen LogP contribution >= 0.6 is 0 Å². The largest absolute Gasteiger partial charge is 0.397 e. The minimum absolute atomic E-state index is 0.408. The first kappa shape index (κ1) is 12.1. The quantitative estimate of drug-likeness (QED) is 0.890. The van der Waals surface area contributed by atoms with Crippen molar-refractivity contribution in [3.63, 3.8) is 0 Å². The predicted octanol–water partition coefficient (Wildman–Crippen LogP) is 2.13. The van der Waals surface area contributed by atoms with Gasteiger partial charge in [-0.05, 0) is 32.3 Å². The summed E-state index contributed by atoms with van der Waals surface area (Å²) in [5.41, 5.74) is 6.62. The Labute approximate surface area is 111 Å². The molecule has 1 fully saturated rings. The van der Waals surface area contributed by atoms with Crippen LogP contribution in [0.3, 0.4) is 0 Å². The van der Waals surface area contributed by atoms with E-state index in [0.29, 0.717) is 23.0 Å². The Hall–Kier alpha value is -1.95. The topological polar surface area (TPSA) is 87.1 Å². The van der Waals surface area contributed by atoms with Crippen LogP contribution in [0.4, 0.5) is 5.69 Å². The molecule has 1 saturated heterocycles. The van der Waals surface area contributed by atoms with Crippen molar-refractivity contribution in [1.82, 2.24) is 15.1 Å². The molecule has 0 saturated carbocycles. The van der Waals surface area contributed by atoms with Gasteiger partial charge in [0.15, 0.2) is 0 Å². The van der Waals surface area contributed by atoms with Crippen LogP contribution in [0.5, 0.6) is 0 Å². The van der Waals surface area contributed by atoms with Crippen LogP contribution in [0.15, 0.2) is 23.0 Å².